The highest BCUT2D eigenvalue weighted by atomic mass is 79.9. The van der Waals surface area contributed by atoms with Crippen molar-refractivity contribution in [3.05, 3.63) is 135 Å². The van der Waals surface area contributed by atoms with Gasteiger partial charge in [0, 0.05) is 36.6 Å². The number of halogens is 2. The normalized spacial score (nSPS) is 27.9. The minimum Gasteiger partial charge on any atom is -0.503 e. The van der Waals surface area contributed by atoms with E-state index in [9.17, 15) is 14.7 Å². The highest BCUT2D eigenvalue weighted by molar-refractivity contribution is 9.10. The number of hydrogen-bond acceptors (Lipinski definition) is 7. The van der Waals surface area contributed by atoms with Gasteiger partial charge in [-0.05, 0) is 94.6 Å². The molecule has 0 bridgehead atoms. The Hall–Kier alpha value is -4.77. The summed E-state index contributed by atoms with van der Waals surface area (Å²) >= 11 is 9.97. The monoisotopic (exact) mass is 833 g/mol. The maximum atomic E-state index is 15.5. The number of phenols is 1. The minimum absolute atomic E-state index is 0.0944. The van der Waals surface area contributed by atoms with E-state index in [2.05, 4.69) is 39.0 Å². The molecule has 9 nitrogen and oxygen atoms in total. The van der Waals surface area contributed by atoms with Gasteiger partial charge in [-0.1, -0.05) is 90.0 Å². The van der Waals surface area contributed by atoms with Crippen molar-refractivity contribution in [3.63, 3.8) is 0 Å². The van der Waals surface area contributed by atoms with Gasteiger partial charge in [0.15, 0.2) is 11.5 Å². The third-order valence-corrected chi connectivity index (χ3v) is 13.8. The summed E-state index contributed by atoms with van der Waals surface area (Å²) in [5.41, 5.74) is 2.32. The number of likely N-dealkylation sites (tertiary alicyclic amines) is 2. The van der Waals surface area contributed by atoms with Crippen LogP contribution in [-0.2, 0) is 31.1 Å². The van der Waals surface area contributed by atoms with E-state index in [0.29, 0.717) is 45.6 Å². The van der Waals surface area contributed by atoms with Gasteiger partial charge < -0.3 is 9.84 Å². The van der Waals surface area contributed by atoms with Crippen LogP contribution in [0.1, 0.15) is 48.3 Å². The molecule has 0 radical (unpaired) electrons. The summed E-state index contributed by atoms with van der Waals surface area (Å²) in [6, 6.07) is 29.7. The van der Waals surface area contributed by atoms with Crippen LogP contribution in [0.4, 0.5) is 5.69 Å². The van der Waals surface area contributed by atoms with Gasteiger partial charge in [-0.3, -0.25) is 29.0 Å². The van der Waals surface area contributed by atoms with Gasteiger partial charge in [0.25, 0.3) is 0 Å². The van der Waals surface area contributed by atoms with Crippen molar-refractivity contribution in [2.24, 2.45) is 23.7 Å². The van der Waals surface area contributed by atoms with Crippen molar-refractivity contribution >= 4 is 56.8 Å². The minimum atomic E-state index is -1.44. The van der Waals surface area contributed by atoms with E-state index in [1.54, 1.807) is 41.3 Å². The van der Waals surface area contributed by atoms with Gasteiger partial charge in [0.1, 0.15) is 0 Å². The van der Waals surface area contributed by atoms with Gasteiger partial charge in [0.2, 0.25) is 23.6 Å². The Labute approximate surface area is 339 Å². The van der Waals surface area contributed by atoms with E-state index in [1.807, 2.05) is 48.5 Å². The number of nitrogens with zero attached hydrogens (tertiary/aromatic N) is 3. The molecule has 6 atom stereocenters. The number of allylic oxidation sites excluding steroid dienone is 2. The fraction of sp³-hybridized carbons (Fsp3) is 0.333. The second-order valence-electron chi connectivity index (χ2n) is 15.7. The van der Waals surface area contributed by atoms with Gasteiger partial charge in [-0.2, -0.15) is 0 Å². The van der Waals surface area contributed by atoms with Crippen LogP contribution in [0.25, 0.3) is 0 Å². The van der Waals surface area contributed by atoms with E-state index in [1.165, 1.54) is 17.6 Å². The van der Waals surface area contributed by atoms with Crippen LogP contribution >= 0.6 is 27.5 Å². The van der Waals surface area contributed by atoms with E-state index in [4.69, 9.17) is 16.3 Å². The zero-order valence-corrected chi connectivity index (χ0v) is 33.2. The molecule has 6 unspecified atom stereocenters. The average Bonchev–Trinajstić information content (AvgIpc) is 3.60. The number of carbonyl (C=O) groups excluding carboxylic acids is 4. The zero-order valence-electron chi connectivity index (χ0n) is 30.8. The number of hydrogen-bond donors (Lipinski definition) is 1. The molecule has 2 aliphatic carbocycles. The van der Waals surface area contributed by atoms with Crippen molar-refractivity contribution in [2.45, 2.75) is 49.6 Å². The molecule has 4 aromatic carbocycles. The largest absolute Gasteiger partial charge is 0.503 e. The van der Waals surface area contributed by atoms with E-state index >= 15 is 9.59 Å². The summed E-state index contributed by atoms with van der Waals surface area (Å²) in [5, 5.41) is 11.3. The summed E-state index contributed by atoms with van der Waals surface area (Å²) in [7, 11) is 1.46. The molecule has 4 aromatic rings. The van der Waals surface area contributed by atoms with E-state index in [-0.39, 0.29) is 41.7 Å². The quantitative estimate of drug-likeness (QED) is 0.151. The lowest BCUT2D eigenvalue weighted by Crippen LogP contribution is -2.53. The highest BCUT2D eigenvalue weighted by Gasteiger charge is 2.70. The average molecular weight is 835 g/mol. The Balaban J connectivity index is 1.14. The molecule has 1 N–H and O–H groups in total. The number of benzene rings is 4. The van der Waals surface area contributed by atoms with E-state index in [0.717, 1.165) is 25.2 Å². The predicted molar refractivity (Wildman–Crippen MR) is 215 cm³/mol. The Bertz CT molecular complexity index is 2280. The van der Waals surface area contributed by atoms with Crippen LogP contribution < -0.4 is 9.64 Å². The summed E-state index contributed by atoms with van der Waals surface area (Å²) in [6.07, 6.45) is 3.99. The number of amides is 4. The van der Waals surface area contributed by atoms with Gasteiger partial charge in [-0.25, -0.2) is 4.90 Å². The van der Waals surface area contributed by atoms with Gasteiger partial charge in [0.05, 0.1) is 40.4 Å². The lowest BCUT2D eigenvalue weighted by molar-refractivity contribution is -0.144. The van der Waals surface area contributed by atoms with Crippen LogP contribution in [0, 0.1) is 23.7 Å². The second kappa shape index (κ2) is 14.3. The molecule has 0 aromatic heterocycles. The van der Waals surface area contributed by atoms with Crippen molar-refractivity contribution < 1.29 is 29.0 Å². The topological polar surface area (TPSA) is 107 Å². The lowest BCUT2D eigenvalue weighted by Gasteiger charge is -2.50. The number of anilines is 1. The summed E-state index contributed by atoms with van der Waals surface area (Å²) in [4.78, 5) is 65.0. The molecule has 0 spiro atoms. The molecule has 1 saturated carbocycles. The molecule has 56 heavy (non-hydrogen) atoms. The first-order chi connectivity index (χ1) is 27.1. The van der Waals surface area contributed by atoms with Crippen LogP contribution in [0.5, 0.6) is 11.5 Å². The molecule has 3 saturated heterocycles. The molecule has 3 aliphatic heterocycles. The van der Waals surface area contributed by atoms with Crippen LogP contribution in [0.2, 0.25) is 5.02 Å². The number of phenolic OH excluding ortho intramolecular Hbond substituents is 1. The van der Waals surface area contributed by atoms with Crippen LogP contribution in [0.3, 0.4) is 0 Å². The SMILES string of the molecule is COc1cc(C2C3=CCC4C(=O)N(C5CCN(Cc6ccccc6)CC5)C(=O)C4C3CC3C(=O)N(c4cccc(Cl)c4)C(=O)C32c2ccccc2)cc(Br)c1O. The molecular formula is C45H41BrClN3O6. The third kappa shape index (κ3) is 5.66. The summed E-state index contributed by atoms with van der Waals surface area (Å²) in [5.74, 6) is -4.35. The molecule has 11 heteroatoms. The second-order valence-corrected chi connectivity index (χ2v) is 17.0. The molecule has 4 amide bonds. The maximum absolute atomic E-state index is 15.5. The smallest absolute Gasteiger partial charge is 0.246 e. The van der Waals surface area contributed by atoms with Gasteiger partial charge in [-0.15, -0.1) is 0 Å². The number of aromatic hydroxyl groups is 1. The maximum Gasteiger partial charge on any atom is 0.246 e. The number of methoxy groups -OCH3 is 1. The fourth-order valence-electron chi connectivity index (χ4n) is 10.6. The molecule has 5 aliphatic rings. The van der Waals surface area contributed by atoms with E-state index < -0.39 is 40.9 Å². The number of rotatable bonds is 7. The van der Waals surface area contributed by atoms with Crippen molar-refractivity contribution in [1.29, 1.82) is 0 Å². The van der Waals surface area contributed by atoms with Crippen molar-refractivity contribution in [1.82, 2.24) is 9.80 Å². The predicted octanol–water partition coefficient (Wildman–Crippen LogP) is 7.64. The fourth-order valence-corrected chi connectivity index (χ4v) is 11.2. The Kier molecular flexibility index (Phi) is 9.42. The van der Waals surface area contributed by atoms with Crippen LogP contribution in [-0.4, -0.2) is 64.8 Å². The first-order valence-corrected chi connectivity index (χ1v) is 20.4. The molecule has 3 heterocycles. The first-order valence-electron chi connectivity index (χ1n) is 19.2. The van der Waals surface area contributed by atoms with Gasteiger partial charge >= 0.3 is 0 Å². The number of carbonyl (C=O) groups is 4. The first kappa shape index (κ1) is 36.8. The lowest BCUT2D eigenvalue weighted by atomic mass is 9.49. The number of imide groups is 2. The summed E-state index contributed by atoms with van der Waals surface area (Å²) < 4.78 is 6.00. The van der Waals surface area contributed by atoms with Crippen molar-refractivity contribution in [2.75, 3.05) is 25.1 Å². The Morgan fingerprint density at radius 3 is 2.27 bits per heavy atom. The Morgan fingerprint density at radius 2 is 1.57 bits per heavy atom. The number of ether oxygens (including phenoxy) is 1. The molecule has 9 rings (SSSR count). The Morgan fingerprint density at radius 1 is 0.857 bits per heavy atom. The molecular weight excluding hydrogens is 794 g/mol. The number of piperidine rings is 1. The summed E-state index contributed by atoms with van der Waals surface area (Å²) in [6.45, 7) is 2.37. The standard InChI is InChI=1S/C45H41BrClN3O6/c1-56-37-22-27(21-36(46)40(37)51)39-32-15-16-33-38(43(54)49(41(33)52)30-17-19-48(20-18-30)25-26-9-4-2-5-10-26)34(32)24-35-42(53)50(31-14-8-13-29(47)23-31)44(55)45(35,39)28-11-6-3-7-12-28/h2-15,21-23,30,33-35,38-39,51H,16-20,24-25H2,1H3. The highest BCUT2D eigenvalue weighted by Crippen LogP contribution is 2.65. The third-order valence-electron chi connectivity index (χ3n) is 13.0. The van der Waals surface area contributed by atoms with Crippen molar-refractivity contribution in [3.8, 4) is 11.5 Å². The molecule has 286 valence electrons. The zero-order chi connectivity index (χ0) is 38.9. The number of fused-ring (bicyclic) bond motifs is 4. The molecule has 4 fully saturated rings. The van der Waals surface area contributed by atoms with Crippen LogP contribution in [0.15, 0.2) is 113 Å².